The molecule has 3 aromatic rings. The number of rotatable bonds is 7. The van der Waals surface area contributed by atoms with E-state index in [2.05, 4.69) is 36.1 Å². The monoisotopic (exact) mass is 505 g/mol. The van der Waals surface area contributed by atoms with Gasteiger partial charge in [0.2, 0.25) is 0 Å². The Morgan fingerprint density at radius 2 is 1.86 bits per heavy atom. The van der Waals surface area contributed by atoms with E-state index in [1.54, 1.807) is 6.07 Å². The van der Waals surface area contributed by atoms with Crippen molar-refractivity contribution in [1.82, 2.24) is 4.90 Å². The van der Waals surface area contributed by atoms with Crippen LogP contribution in [0.25, 0.3) is 0 Å². The lowest BCUT2D eigenvalue weighted by molar-refractivity contribution is 0.0988. The SMILES string of the molecule is Cc1ccccc1CN1CC2C(C1)C2CN(C(=O)c1cccs1)c1ccc(N2CCOCC2)c(F)c1. The zero-order chi connectivity index (χ0) is 24.6. The number of benzene rings is 2. The Labute approximate surface area is 216 Å². The predicted molar refractivity (Wildman–Crippen MR) is 142 cm³/mol. The summed E-state index contributed by atoms with van der Waals surface area (Å²) in [6.07, 6.45) is 0. The number of hydrogen-bond acceptors (Lipinski definition) is 5. The molecule has 5 nitrogen and oxygen atoms in total. The first kappa shape index (κ1) is 23.6. The highest BCUT2D eigenvalue weighted by Gasteiger charge is 2.56. The molecule has 2 saturated heterocycles. The Morgan fingerprint density at radius 3 is 2.56 bits per heavy atom. The zero-order valence-electron chi connectivity index (χ0n) is 20.6. The van der Waals surface area contributed by atoms with E-state index in [-0.39, 0.29) is 11.7 Å². The van der Waals surface area contributed by atoms with Crippen molar-refractivity contribution in [3.63, 3.8) is 0 Å². The van der Waals surface area contributed by atoms with E-state index in [1.807, 2.05) is 39.4 Å². The molecule has 1 saturated carbocycles. The van der Waals surface area contributed by atoms with Crippen molar-refractivity contribution in [2.75, 3.05) is 55.7 Å². The minimum atomic E-state index is -0.279. The predicted octanol–water partition coefficient (Wildman–Crippen LogP) is 5.06. The lowest BCUT2D eigenvalue weighted by Gasteiger charge is -2.30. The van der Waals surface area contributed by atoms with Gasteiger partial charge in [-0.3, -0.25) is 9.69 Å². The number of fused-ring (bicyclic) bond motifs is 1. The smallest absolute Gasteiger partial charge is 0.268 e. The van der Waals surface area contributed by atoms with Crippen molar-refractivity contribution in [3.05, 3.63) is 81.8 Å². The number of anilines is 2. The molecule has 0 bridgehead atoms. The van der Waals surface area contributed by atoms with Gasteiger partial charge in [-0.25, -0.2) is 4.39 Å². The second-order valence-corrected chi connectivity index (χ2v) is 11.2. The number of hydrogen-bond donors (Lipinski definition) is 0. The van der Waals surface area contributed by atoms with Gasteiger partial charge in [0, 0.05) is 45.0 Å². The first-order valence-electron chi connectivity index (χ1n) is 12.8. The number of morpholine rings is 1. The van der Waals surface area contributed by atoms with Crippen LogP contribution in [0, 0.1) is 30.5 Å². The van der Waals surface area contributed by atoms with Crippen LogP contribution in [0.1, 0.15) is 20.8 Å². The van der Waals surface area contributed by atoms with Crippen LogP contribution in [0.5, 0.6) is 0 Å². The number of halogens is 1. The van der Waals surface area contributed by atoms with Crippen LogP contribution < -0.4 is 9.80 Å². The van der Waals surface area contributed by atoms with Gasteiger partial charge in [0.15, 0.2) is 0 Å². The fourth-order valence-electron chi connectivity index (χ4n) is 5.94. The number of ether oxygens (including phenoxy) is 1. The fourth-order valence-corrected chi connectivity index (χ4v) is 6.61. The van der Waals surface area contributed by atoms with Gasteiger partial charge in [-0.05, 0) is 65.4 Å². The molecule has 0 N–H and O–H groups in total. The third kappa shape index (κ3) is 4.67. The number of amides is 1. The highest BCUT2D eigenvalue weighted by molar-refractivity contribution is 7.12. The van der Waals surface area contributed by atoms with Crippen molar-refractivity contribution < 1.29 is 13.9 Å². The summed E-state index contributed by atoms with van der Waals surface area (Å²) in [6, 6.07) is 17.6. The number of thiophene rings is 1. The number of carbonyl (C=O) groups is 1. The molecule has 3 aliphatic rings. The van der Waals surface area contributed by atoms with Crippen molar-refractivity contribution in [3.8, 4) is 0 Å². The Bertz CT molecular complexity index is 1220. The number of carbonyl (C=O) groups excluding carboxylic acids is 1. The summed E-state index contributed by atoms with van der Waals surface area (Å²) in [5.41, 5.74) is 3.95. The molecule has 1 aromatic heterocycles. The van der Waals surface area contributed by atoms with Crippen LogP contribution in [0.2, 0.25) is 0 Å². The quantitative estimate of drug-likeness (QED) is 0.450. The lowest BCUT2D eigenvalue weighted by atomic mass is 10.1. The Balaban J connectivity index is 1.17. The summed E-state index contributed by atoms with van der Waals surface area (Å²) >= 11 is 1.44. The first-order chi connectivity index (χ1) is 17.6. The van der Waals surface area contributed by atoms with Gasteiger partial charge < -0.3 is 14.5 Å². The molecule has 2 aromatic carbocycles. The summed E-state index contributed by atoms with van der Waals surface area (Å²) in [5, 5.41) is 1.92. The van der Waals surface area contributed by atoms with Crippen LogP contribution in [0.3, 0.4) is 0 Å². The third-order valence-corrected chi connectivity index (χ3v) is 8.93. The van der Waals surface area contributed by atoms with Crippen LogP contribution >= 0.6 is 11.3 Å². The molecule has 0 radical (unpaired) electrons. The normalized spacial score (nSPS) is 23.5. The molecular formula is C29H32FN3O2S. The molecule has 36 heavy (non-hydrogen) atoms. The summed E-state index contributed by atoms with van der Waals surface area (Å²) < 4.78 is 20.7. The van der Waals surface area contributed by atoms with Gasteiger partial charge in [0.05, 0.1) is 23.8 Å². The van der Waals surface area contributed by atoms with Gasteiger partial charge in [-0.15, -0.1) is 11.3 Å². The van der Waals surface area contributed by atoms with E-state index in [0.29, 0.717) is 66.9 Å². The average molecular weight is 506 g/mol. The van der Waals surface area contributed by atoms with Gasteiger partial charge in [0.1, 0.15) is 5.82 Å². The highest BCUT2D eigenvalue weighted by atomic mass is 32.1. The topological polar surface area (TPSA) is 36.0 Å². The van der Waals surface area contributed by atoms with Gasteiger partial charge in [0.25, 0.3) is 5.91 Å². The zero-order valence-corrected chi connectivity index (χ0v) is 21.4. The van der Waals surface area contributed by atoms with Gasteiger partial charge in [-0.2, -0.15) is 0 Å². The molecule has 6 rings (SSSR count). The maximum absolute atomic E-state index is 15.3. The number of likely N-dealkylation sites (tertiary alicyclic amines) is 1. The fraction of sp³-hybridized carbons (Fsp3) is 0.414. The minimum absolute atomic E-state index is 0.0368. The molecule has 0 spiro atoms. The van der Waals surface area contributed by atoms with E-state index < -0.39 is 0 Å². The molecule has 2 aliphatic heterocycles. The lowest BCUT2D eigenvalue weighted by Crippen LogP contribution is -2.37. The molecule has 188 valence electrons. The molecule has 3 heterocycles. The second kappa shape index (κ2) is 9.96. The Kier molecular flexibility index (Phi) is 6.54. The Hall–Kier alpha value is -2.74. The molecule has 2 unspecified atom stereocenters. The standard InChI is InChI=1S/C29H32FN3O2S/c1-20-5-2-3-6-21(20)16-31-17-23-24(18-31)25(23)19-33(29(34)28-7-4-14-36-28)22-8-9-27(26(30)15-22)32-10-12-35-13-11-32/h2-9,14-15,23-25H,10-13,16-19H2,1H3. The first-order valence-corrected chi connectivity index (χ1v) is 13.7. The van der Waals surface area contributed by atoms with Crippen molar-refractivity contribution in [1.29, 1.82) is 0 Å². The van der Waals surface area contributed by atoms with E-state index in [1.165, 1.54) is 22.5 Å². The maximum Gasteiger partial charge on any atom is 0.268 e. The number of piperidine rings is 1. The number of aryl methyl sites for hydroxylation is 1. The molecule has 1 amide bonds. The molecular weight excluding hydrogens is 473 g/mol. The van der Waals surface area contributed by atoms with Crippen molar-refractivity contribution in [2.45, 2.75) is 13.5 Å². The highest BCUT2D eigenvalue weighted by Crippen LogP contribution is 2.52. The minimum Gasteiger partial charge on any atom is -0.378 e. The molecule has 1 aliphatic carbocycles. The van der Waals surface area contributed by atoms with E-state index >= 15 is 4.39 Å². The average Bonchev–Trinajstić information content (AvgIpc) is 3.28. The Morgan fingerprint density at radius 1 is 1.08 bits per heavy atom. The summed E-state index contributed by atoms with van der Waals surface area (Å²) in [5.74, 6) is 1.35. The summed E-state index contributed by atoms with van der Waals surface area (Å²) in [6.45, 7) is 8.50. The van der Waals surface area contributed by atoms with Crippen molar-refractivity contribution >= 4 is 28.6 Å². The van der Waals surface area contributed by atoms with E-state index in [4.69, 9.17) is 4.74 Å². The molecule has 3 fully saturated rings. The second-order valence-electron chi connectivity index (χ2n) is 10.2. The van der Waals surface area contributed by atoms with E-state index in [9.17, 15) is 4.79 Å². The molecule has 2 atom stereocenters. The van der Waals surface area contributed by atoms with Crippen LogP contribution in [-0.2, 0) is 11.3 Å². The van der Waals surface area contributed by atoms with Crippen LogP contribution in [-0.4, -0.2) is 56.7 Å². The van der Waals surface area contributed by atoms with Gasteiger partial charge in [-0.1, -0.05) is 30.3 Å². The number of nitrogens with zero attached hydrogens (tertiary/aromatic N) is 3. The molecule has 7 heteroatoms. The summed E-state index contributed by atoms with van der Waals surface area (Å²) in [7, 11) is 0. The van der Waals surface area contributed by atoms with Crippen LogP contribution in [0.4, 0.5) is 15.8 Å². The van der Waals surface area contributed by atoms with Crippen LogP contribution in [0.15, 0.2) is 60.0 Å². The van der Waals surface area contributed by atoms with Gasteiger partial charge >= 0.3 is 0 Å². The largest absolute Gasteiger partial charge is 0.378 e. The van der Waals surface area contributed by atoms with E-state index in [0.717, 1.165) is 19.6 Å². The van der Waals surface area contributed by atoms with Crippen molar-refractivity contribution in [2.24, 2.45) is 17.8 Å². The third-order valence-electron chi connectivity index (χ3n) is 8.07. The maximum atomic E-state index is 15.3. The summed E-state index contributed by atoms with van der Waals surface area (Å²) in [4.78, 5) is 20.6.